The zero-order chi connectivity index (χ0) is 39.3. The molecule has 0 radical (unpaired) electrons. The van der Waals surface area contributed by atoms with Gasteiger partial charge in [0.05, 0.1) is 30.1 Å². The summed E-state index contributed by atoms with van der Waals surface area (Å²) in [6.07, 6.45) is 3.43. The van der Waals surface area contributed by atoms with Crippen molar-refractivity contribution in [2.75, 3.05) is 18.4 Å². The molecule has 9 heteroatoms. The number of benzene rings is 5. The molecular formula is C48H44N4O5. The number of likely N-dealkylation sites (tertiary alicyclic amines) is 2. The average Bonchev–Trinajstić information content (AvgIpc) is 4.02. The topological polar surface area (TPSA) is 120 Å². The average molecular weight is 757 g/mol. The Bertz CT molecular complexity index is 2430. The van der Waals surface area contributed by atoms with Crippen molar-refractivity contribution in [2.45, 2.75) is 57.0 Å². The molecule has 0 unspecified atom stereocenters. The molecule has 2 aliphatic heterocycles. The number of rotatable bonds is 12. The second kappa shape index (κ2) is 16.6. The summed E-state index contributed by atoms with van der Waals surface area (Å²) in [5.74, 6) is -0.508. The molecule has 9 nitrogen and oxygen atoms in total. The first-order valence-electron chi connectivity index (χ1n) is 19.7. The molecule has 5 aromatic carbocycles. The molecule has 57 heavy (non-hydrogen) atoms. The standard InChI is InChI=1S/C48H44N4O5/c53-42(40-18-10-26-51(40)43(54)30-32-12-4-1-5-13-32)29-34-20-25-39-38(28-34)45(47(56)36-16-8-3-9-17-36)46(50-39)35-21-23-37(24-22-35)49-48(57)41-19-11-27-52(41)44(55)31-33-14-6-2-7-15-33/h1-9,12-17,20-25,28,40-41,50H,10-11,18-19,26-27,29-31H2,(H,49,57)/t40-,41-/m0/s1. The SMILES string of the molecule is O=C(c1ccccc1)c1c(-c2ccc(NC(=O)[C@@H]3CCCN3C(=O)Cc3ccccc3)cc2)[nH]c2ccc(CC(=O)[C@@H]3CCCN3C(=O)Cc3ccccc3)cc12. The van der Waals surface area contributed by atoms with Gasteiger partial charge in [0.1, 0.15) is 6.04 Å². The molecular weight excluding hydrogens is 713 g/mol. The third-order valence-electron chi connectivity index (χ3n) is 11.2. The van der Waals surface area contributed by atoms with Gasteiger partial charge in [-0.25, -0.2) is 0 Å². The minimum absolute atomic E-state index is 0.0149. The van der Waals surface area contributed by atoms with Gasteiger partial charge < -0.3 is 20.1 Å². The second-order valence-electron chi connectivity index (χ2n) is 15.0. The van der Waals surface area contributed by atoms with Gasteiger partial charge in [0.15, 0.2) is 11.6 Å². The van der Waals surface area contributed by atoms with Crippen molar-refractivity contribution in [1.82, 2.24) is 14.8 Å². The highest BCUT2D eigenvalue weighted by atomic mass is 16.2. The number of fused-ring (bicyclic) bond motifs is 1. The van der Waals surface area contributed by atoms with Crippen LogP contribution < -0.4 is 5.32 Å². The summed E-state index contributed by atoms with van der Waals surface area (Å²) < 4.78 is 0. The molecule has 2 saturated heterocycles. The fraction of sp³-hybridized carbons (Fsp3) is 0.229. The van der Waals surface area contributed by atoms with Gasteiger partial charge in [0.2, 0.25) is 17.7 Å². The van der Waals surface area contributed by atoms with E-state index in [0.717, 1.165) is 40.6 Å². The Morgan fingerprint density at radius 3 is 1.77 bits per heavy atom. The number of hydrogen-bond donors (Lipinski definition) is 2. The van der Waals surface area contributed by atoms with Gasteiger partial charge in [-0.05, 0) is 72.2 Å². The first-order valence-corrected chi connectivity index (χ1v) is 19.7. The number of nitrogens with zero attached hydrogens (tertiary/aromatic N) is 2. The Morgan fingerprint density at radius 1 is 0.596 bits per heavy atom. The highest BCUT2D eigenvalue weighted by molar-refractivity contribution is 6.20. The fourth-order valence-corrected chi connectivity index (χ4v) is 8.28. The lowest BCUT2D eigenvalue weighted by atomic mass is 9.95. The molecule has 0 spiro atoms. The summed E-state index contributed by atoms with van der Waals surface area (Å²) in [4.78, 5) is 74.8. The van der Waals surface area contributed by atoms with E-state index in [1.54, 1.807) is 34.1 Å². The normalized spacial score (nSPS) is 16.5. The number of carbonyl (C=O) groups is 5. The number of aromatic amines is 1. The first-order chi connectivity index (χ1) is 27.8. The lowest BCUT2D eigenvalue weighted by Gasteiger charge is -2.24. The smallest absolute Gasteiger partial charge is 0.247 e. The van der Waals surface area contributed by atoms with E-state index in [-0.39, 0.29) is 48.6 Å². The number of Topliss-reactive ketones (excluding diaryl/α,β-unsaturated/α-hetero) is 1. The predicted molar refractivity (Wildman–Crippen MR) is 221 cm³/mol. The van der Waals surface area contributed by atoms with Crippen LogP contribution >= 0.6 is 0 Å². The number of hydrogen-bond acceptors (Lipinski definition) is 5. The lowest BCUT2D eigenvalue weighted by Crippen LogP contribution is -2.43. The Morgan fingerprint density at radius 2 is 1.16 bits per heavy atom. The minimum Gasteiger partial charge on any atom is -0.354 e. The molecule has 0 saturated carbocycles. The van der Waals surface area contributed by atoms with E-state index in [0.29, 0.717) is 53.8 Å². The quantitative estimate of drug-likeness (QED) is 0.125. The number of amides is 3. The van der Waals surface area contributed by atoms with E-state index in [4.69, 9.17) is 0 Å². The number of carbonyl (C=O) groups excluding carboxylic acids is 5. The van der Waals surface area contributed by atoms with Crippen molar-refractivity contribution >= 4 is 45.9 Å². The third kappa shape index (κ3) is 8.19. The van der Waals surface area contributed by atoms with E-state index in [1.807, 2.05) is 109 Å². The molecule has 286 valence electrons. The van der Waals surface area contributed by atoms with Gasteiger partial charge in [-0.15, -0.1) is 0 Å². The van der Waals surface area contributed by atoms with Gasteiger partial charge in [-0.1, -0.05) is 109 Å². The maximum absolute atomic E-state index is 14.3. The van der Waals surface area contributed by atoms with Crippen molar-refractivity contribution in [3.05, 3.63) is 161 Å². The first kappa shape index (κ1) is 37.3. The van der Waals surface area contributed by atoms with Gasteiger partial charge in [-0.2, -0.15) is 0 Å². The third-order valence-corrected chi connectivity index (χ3v) is 11.2. The summed E-state index contributed by atoms with van der Waals surface area (Å²) in [5.41, 5.74) is 6.34. The van der Waals surface area contributed by atoms with E-state index in [2.05, 4.69) is 10.3 Å². The molecule has 2 N–H and O–H groups in total. The highest BCUT2D eigenvalue weighted by Crippen LogP contribution is 2.34. The summed E-state index contributed by atoms with van der Waals surface area (Å²) >= 11 is 0. The molecule has 3 amide bonds. The summed E-state index contributed by atoms with van der Waals surface area (Å²) in [6, 6.07) is 40.3. The molecule has 0 bridgehead atoms. The summed E-state index contributed by atoms with van der Waals surface area (Å²) in [6.45, 7) is 1.11. The van der Waals surface area contributed by atoms with Crippen LogP contribution in [0.25, 0.3) is 22.2 Å². The minimum atomic E-state index is -0.544. The Hall–Kier alpha value is -6.61. The van der Waals surface area contributed by atoms with Crippen molar-refractivity contribution in [1.29, 1.82) is 0 Å². The second-order valence-corrected chi connectivity index (χ2v) is 15.0. The number of H-pyrrole nitrogens is 1. The van der Waals surface area contributed by atoms with E-state index < -0.39 is 12.1 Å². The molecule has 8 rings (SSSR count). The monoisotopic (exact) mass is 756 g/mol. The lowest BCUT2D eigenvalue weighted by molar-refractivity contribution is -0.136. The molecule has 0 aliphatic carbocycles. The van der Waals surface area contributed by atoms with Gasteiger partial charge in [-0.3, -0.25) is 24.0 Å². The number of anilines is 1. The number of aromatic nitrogens is 1. The molecule has 6 aromatic rings. The van der Waals surface area contributed by atoms with Crippen molar-refractivity contribution in [2.24, 2.45) is 0 Å². The van der Waals surface area contributed by atoms with E-state index in [9.17, 15) is 24.0 Å². The van der Waals surface area contributed by atoms with Crippen LogP contribution in [0.2, 0.25) is 0 Å². The Kier molecular flexibility index (Phi) is 10.9. The zero-order valence-corrected chi connectivity index (χ0v) is 31.7. The van der Waals surface area contributed by atoms with Crippen LogP contribution in [0.15, 0.2) is 133 Å². The zero-order valence-electron chi connectivity index (χ0n) is 31.7. The van der Waals surface area contributed by atoms with Crippen LogP contribution in [0.3, 0.4) is 0 Å². The van der Waals surface area contributed by atoms with Gasteiger partial charge >= 0.3 is 0 Å². The summed E-state index contributed by atoms with van der Waals surface area (Å²) in [5, 5.41) is 3.71. The Labute approximate surface area is 331 Å². The van der Waals surface area contributed by atoms with Crippen LogP contribution in [0, 0.1) is 0 Å². The van der Waals surface area contributed by atoms with Crippen molar-refractivity contribution < 1.29 is 24.0 Å². The largest absolute Gasteiger partial charge is 0.354 e. The highest BCUT2D eigenvalue weighted by Gasteiger charge is 2.35. The number of ketones is 2. The van der Waals surface area contributed by atoms with Crippen molar-refractivity contribution in [3.8, 4) is 11.3 Å². The van der Waals surface area contributed by atoms with Crippen LogP contribution in [0.1, 0.15) is 58.3 Å². The summed E-state index contributed by atoms with van der Waals surface area (Å²) in [7, 11) is 0. The van der Waals surface area contributed by atoms with Gasteiger partial charge in [0.25, 0.3) is 0 Å². The fourth-order valence-electron chi connectivity index (χ4n) is 8.28. The predicted octanol–water partition coefficient (Wildman–Crippen LogP) is 7.58. The molecule has 1 aromatic heterocycles. The Balaban J connectivity index is 1.02. The van der Waals surface area contributed by atoms with Crippen LogP contribution in [0.5, 0.6) is 0 Å². The molecule has 3 heterocycles. The maximum atomic E-state index is 14.3. The van der Waals surface area contributed by atoms with E-state index in [1.165, 1.54) is 0 Å². The van der Waals surface area contributed by atoms with Gasteiger partial charge in [0, 0.05) is 41.7 Å². The van der Waals surface area contributed by atoms with Crippen LogP contribution in [-0.4, -0.2) is 69.2 Å². The van der Waals surface area contributed by atoms with Crippen molar-refractivity contribution in [3.63, 3.8) is 0 Å². The van der Waals surface area contributed by atoms with Crippen LogP contribution in [0.4, 0.5) is 5.69 Å². The van der Waals surface area contributed by atoms with E-state index >= 15 is 0 Å². The van der Waals surface area contributed by atoms with Crippen LogP contribution in [-0.2, 0) is 38.4 Å². The number of nitrogens with one attached hydrogen (secondary N) is 2. The maximum Gasteiger partial charge on any atom is 0.247 e. The molecule has 2 aliphatic rings. The molecule has 2 atom stereocenters. The molecule has 2 fully saturated rings.